The van der Waals surface area contributed by atoms with Crippen molar-refractivity contribution in [3.8, 4) is 5.75 Å². The number of nitrogens with one attached hydrogen (secondary N) is 3. The zero-order valence-corrected chi connectivity index (χ0v) is 16.5. The minimum absolute atomic E-state index is 0.140. The van der Waals surface area contributed by atoms with E-state index in [0.717, 1.165) is 68.0 Å². The van der Waals surface area contributed by atoms with Gasteiger partial charge in [-0.05, 0) is 43.4 Å². The van der Waals surface area contributed by atoms with E-state index in [-0.39, 0.29) is 6.17 Å². The Bertz CT molecular complexity index is 880. The molecular weight excluding hydrogens is 388 g/mol. The quantitative estimate of drug-likeness (QED) is 0.373. The number of hydrazine groups is 1. The SMILES string of the molecule is c1cc(C2N=NNN2CCCCc2nn[nH]n2)ccc1OCCCCc1nn[nH]n1. The lowest BCUT2D eigenvalue weighted by molar-refractivity contribution is 0.169. The molecule has 3 N–H and O–H groups in total. The van der Waals surface area contributed by atoms with Gasteiger partial charge in [-0.15, -0.1) is 25.5 Å². The molecular formula is C17H24N12O. The van der Waals surface area contributed by atoms with Gasteiger partial charge in [-0.2, -0.15) is 15.4 Å². The third-order valence-electron chi connectivity index (χ3n) is 4.71. The van der Waals surface area contributed by atoms with Crippen molar-refractivity contribution in [2.24, 2.45) is 10.3 Å². The molecule has 1 aromatic carbocycles. The Balaban J connectivity index is 1.17. The third-order valence-corrected chi connectivity index (χ3v) is 4.71. The van der Waals surface area contributed by atoms with Crippen molar-refractivity contribution >= 4 is 0 Å². The number of aromatic amines is 2. The van der Waals surface area contributed by atoms with Gasteiger partial charge in [-0.3, -0.25) is 0 Å². The molecule has 3 heterocycles. The molecule has 0 amide bonds. The van der Waals surface area contributed by atoms with E-state index in [1.807, 2.05) is 29.3 Å². The van der Waals surface area contributed by atoms with E-state index in [1.165, 1.54) is 0 Å². The van der Waals surface area contributed by atoms with E-state index in [0.29, 0.717) is 6.61 Å². The highest BCUT2D eigenvalue weighted by molar-refractivity contribution is 5.29. The van der Waals surface area contributed by atoms with E-state index in [9.17, 15) is 0 Å². The number of unbranched alkanes of at least 4 members (excludes halogenated alkanes) is 2. The van der Waals surface area contributed by atoms with Gasteiger partial charge in [0.25, 0.3) is 0 Å². The van der Waals surface area contributed by atoms with Crippen LogP contribution < -0.4 is 10.3 Å². The fourth-order valence-corrected chi connectivity index (χ4v) is 3.13. The van der Waals surface area contributed by atoms with E-state index in [2.05, 4.69) is 57.1 Å². The highest BCUT2D eigenvalue weighted by atomic mass is 16.5. The number of ether oxygens (including phenoxy) is 1. The summed E-state index contributed by atoms with van der Waals surface area (Å²) in [6.45, 7) is 1.46. The maximum absolute atomic E-state index is 5.82. The topological polar surface area (TPSA) is 158 Å². The van der Waals surface area contributed by atoms with E-state index >= 15 is 0 Å². The fourth-order valence-electron chi connectivity index (χ4n) is 3.13. The Hall–Kier alpha value is -3.48. The lowest BCUT2D eigenvalue weighted by atomic mass is 10.1. The Labute approximate surface area is 172 Å². The Morgan fingerprint density at radius 1 is 0.867 bits per heavy atom. The molecule has 1 aliphatic rings. The Morgan fingerprint density at radius 2 is 1.57 bits per heavy atom. The number of aromatic nitrogens is 8. The second kappa shape index (κ2) is 10.3. The van der Waals surface area contributed by atoms with Crippen molar-refractivity contribution < 1.29 is 4.74 Å². The molecule has 0 spiro atoms. The number of hydrogen-bond acceptors (Lipinski definition) is 11. The maximum Gasteiger partial charge on any atom is 0.174 e. The number of H-pyrrole nitrogens is 2. The normalized spacial score (nSPS) is 16.1. The van der Waals surface area contributed by atoms with Crippen LogP contribution in [0.3, 0.4) is 0 Å². The van der Waals surface area contributed by atoms with Gasteiger partial charge in [0.05, 0.1) is 6.61 Å². The van der Waals surface area contributed by atoms with Crippen molar-refractivity contribution in [1.29, 1.82) is 0 Å². The molecule has 1 unspecified atom stereocenters. The van der Waals surface area contributed by atoms with Gasteiger partial charge in [-0.25, -0.2) is 5.53 Å². The maximum atomic E-state index is 5.82. The Morgan fingerprint density at radius 3 is 2.23 bits per heavy atom. The van der Waals surface area contributed by atoms with Gasteiger partial charge in [-0.1, -0.05) is 27.8 Å². The minimum Gasteiger partial charge on any atom is -0.494 e. The molecule has 3 aromatic rings. The smallest absolute Gasteiger partial charge is 0.174 e. The van der Waals surface area contributed by atoms with Crippen LogP contribution in [0, 0.1) is 0 Å². The lowest BCUT2D eigenvalue weighted by Gasteiger charge is -2.21. The summed E-state index contributed by atoms with van der Waals surface area (Å²) in [5, 5.41) is 38.1. The number of benzene rings is 1. The van der Waals surface area contributed by atoms with Crippen LogP contribution in [0.1, 0.15) is 49.1 Å². The molecule has 0 fully saturated rings. The van der Waals surface area contributed by atoms with Crippen LogP contribution in [0.2, 0.25) is 0 Å². The summed E-state index contributed by atoms with van der Waals surface area (Å²) < 4.78 is 5.82. The average Bonchev–Trinajstić information content (AvgIpc) is 3.54. The summed E-state index contributed by atoms with van der Waals surface area (Å²) in [4.78, 5) is 0. The van der Waals surface area contributed by atoms with Crippen molar-refractivity contribution in [1.82, 2.24) is 51.8 Å². The summed E-state index contributed by atoms with van der Waals surface area (Å²) in [6, 6.07) is 7.99. The van der Waals surface area contributed by atoms with Gasteiger partial charge >= 0.3 is 0 Å². The molecule has 1 atom stereocenters. The molecule has 2 aromatic heterocycles. The van der Waals surface area contributed by atoms with Crippen LogP contribution in [-0.2, 0) is 12.8 Å². The van der Waals surface area contributed by atoms with Gasteiger partial charge in [0.1, 0.15) is 5.75 Å². The number of hydrogen-bond donors (Lipinski definition) is 3. The zero-order chi connectivity index (χ0) is 20.4. The minimum atomic E-state index is -0.140. The molecule has 0 saturated heterocycles. The predicted octanol–water partition coefficient (Wildman–Crippen LogP) is 1.32. The number of rotatable bonds is 12. The molecule has 0 bridgehead atoms. The molecule has 30 heavy (non-hydrogen) atoms. The lowest BCUT2D eigenvalue weighted by Crippen LogP contribution is -2.33. The number of aryl methyl sites for hydroxylation is 2. The molecule has 1 aliphatic heterocycles. The van der Waals surface area contributed by atoms with Crippen LogP contribution in [0.5, 0.6) is 5.75 Å². The van der Waals surface area contributed by atoms with Crippen LogP contribution in [0.4, 0.5) is 0 Å². The Kier molecular flexibility index (Phi) is 6.83. The first kappa shape index (κ1) is 19.8. The first-order valence-corrected chi connectivity index (χ1v) is 9.98. The first-order chi connectivity index (χ1) is 14.9. The molecule has 158 valence electrons. The first-order valence-electron chi connectivity index (χ1n) is 9.98. The van der Waals surface area contributed by atoms with Crippen molar-refractivity contribution in [3.63, 3.8) is 0 Å². The third kappa shape index (κ3) is 5.53. The molecule has 13 heteroatoms. The van der Waals surface area contributed by atoms with Gasteiger partial charge in [0.2, 0.25) is 0 Å². The van der Waals surface area contributed by atoms with E-state index in [4.69, 9.17) is 4.74 Å². The van der Waals surface area contributed by atoms with E-state index < -0.39 is 0 Å². The number of tetrazole rings is 2. The van der Waals surface area contributed by atoms with Gasteiger partial charge < -0.3 is 4.74 Å². The largest absolute Gasteiger partial charge is 0.494 e. The second-order valence-corrected chi connectivity index (χ2v) is 6.87. The summed E-state index contributed by atoms with van der Waals surface area (Å²) in [5.74, 6) is 2.31. The summed E-state index contributed by atoms with van der Waals surface area (Å²) in [7, 11) is 0. The monoisotopic (exact) mass is 412 g/mol. The van der Waals surface area contributed by atoms with Crippen LogP contribution in [0.15, 0.2) is 34.6 Å². The van der Waals surface area contributed by atoms with E-state index in [1.54, 1.807) is 0 Å². The van der Waals surface area contributed by atoms with Gasteiger partial charge in [0, 0.05) is 19.4 Å². The summed E-state index contributed by atoms with van der Waals surface area (Å²) in [5.41, 5.74) is 4.03. The fraction of sp³-hybridized carbons (Fsp3) is 0.529. The summed E-state index contributed by atoms with van der Waals surface area (Å²) in [6.07, 6.45) is 5.26. The summed E-state index contributed by atoms with van der Waals surface area (Å²) >= 11 is 0. The molecule has 0 saturated carbocycles. The highest BCUT2D eigenvalue weighted by Gasteiger charge is 2.24. The van der Waals surface area contributed by atoms with Crippen LogP contribution >= 0.6 is 0 Å². The zero-order valence-electron chi connectivity index (χ0n) is 16.5. The standard InChI is InChI=1S/C17H24N12O/c1(5-15-18-23-24-19-15)3-11-29-17(22-27-28-29)13-7-9-14(10-8-13)30-12-4-2-6-16-20-25-26-21-16/h7-10,17H,1-6,11-12H2,(H,22,28)(H,18,19,23,24)(H,20,21,25,26). The molecule has 13 nitrogen and oxygen atoms in total. The van der Waals surface area contributed by atoms with Crippen LogP contribution in [0.25, 0.3) is 0 Å². The van der Waals surface area contributed by atoms with Crippen molar-refractivity contribution in [2.75, 3.05) is 13.2 Å². The van der Waals surface area contributed by atoms with Crippen molar-refractivity contribution in [3.05, 3.63) is 41.5 Å². The molecule has 0 aliphatic carbocycles. The molecule has 4 rings (SSSR count). The van der Waals surface area contributed by atoms with Crippen molar-refractivity contribution in [2.45, 2.75) is 44.7 Å². The van der Waals surface area contributed by atoms with Gasteiger partial charge in [0.15, 0.2) is 17.8 Å². The second-order valence-electron chi connectivity index (χ2n) is 6.87. The molecule has 0 radical (unpaired) electrons. The average molecular weight is 412 g/mol. The highest BCUT2D eigenvalue weighted by Crippen LogP contribution is 2.26. The number of nitrogens with zero attached hydrogens (tertiary/aromatic N) is 9. The van der Waals surface area contributed by atoms with Crippen LogP contribution in [-0.4, -0.2) is 59.4 Å². The predicted molar refractivity (Wildman–Crippen MR) is 104 cm³/mol.